The predicted molar refractivity (Wildman–Crippen MR) is 112 cm³/mol. The molecule has 4 aromatic rings. The SMILES string of the molecule is C[C@@H](NC(=O)c1cn(C(c2ccccc2)c2ccccc2)nn1)c1ccccc1. The molecule has 1 atom stereocenters. The normalized spacial score (nSPS) is 11.9. The van der Waals surface area contributed by atoms with Crippen LogP contribution in [0.25, 0.3) is 0 Å². The van der Waals surface area contributed by atoms with E-state index in [4.69, 9.17) is 0 Å². The van der Waals surface area contributed by atoms with Crippen LogP contribution in [-0.4, -0.2) is 20.9 Å². The summed E-state index contributed by atoms with van der Waals surface area (Å²) < 4.78 is 1.74. The first-order valence-electron chi connectivity index (χ1n) is 9.60. The molecule has 5 heteroatoms. The molecule has 0 unspecified atom stereocenters. The lowest BCUT2D eigenvalue weighted by atomic mass is 9.99. The van der Waals surface area contributed by atoms with E-state index in [2.05, 4.69) is 39.9 Å². The Labute approximate surface area is 170 Å². The van der Waals surface area contributed by atoms with E-state index < -0.39 is 0 Å². The molecule has 29 heavy (non-hydrogen) atoms. The first-order valence-corrected chi connectivity index (χ1v) is 9.60. The molecular formula is C24H22N4O. The summed E-state index contributed by atoms with van der Waals surface area (Å²) in [7, 11) is 0. The van der Waals surface area contributed by atoms with E-state index in [1.165, 1.54) is 0 Å². The molecule has 5 nitrogen and oxygen atoms in total. The number of hydrogen-bond acceptors (Lipinski definition) is 3. The van der Waals surface area contributed by atoms with Crippen molar-refractivity contribution in [2.24, 2.45) is 0 Å². The van der Waals surface area contributed by atoms with E-state index in [1.807, 2.05) is 73.7 Å². The van der Waals surface area contributed by atoms with Gasteiger partial charge in [-0.15, -0.1) is 5.10 Å². The third-order valence-electron chi connectivity index (χ3n) is 4.89. The summed E-state index contributed by atoms with van der Waals surface area (Å²) in [5, 5.41) is 11.4. The van der Waals surface area contributed by atoms with Crippen molar-refractivity contribution in [2.45, 2.75) is 19.0 Å². The van der Waals surface area contributed by atoms with Crippen LogP contribution in [0, 0.1) is 0 Å². The maximum Gasteiger partial charge on any atom is 0.273 e. The summed E-state index contributed by atoms with van der Waals surface area (Å²) in [4.78, 5) is 12.7. The average molecular weight is 382 g/mol. The van der Waals surface area contributed by atoms with Gasteiger partial charge in [-0.3, -0.25) is 4.79 Å². The van der Waals surface area contributed by atoms with Crippen molar-refractivity contribution in [3.63, 3.8) is 0 Å². The molecule has 1 heterocycles. The fraction of sp³-hybridized carbons (Fsp3) is 0.125. The van der Waals surface area contributed by atoms with Gasteiger partial charge in [0.05, 0.1) is 12.2 Å². The summed E-state index contributed by atoms with van der Waals surface area (Å²) in [5.41, 5.74) is 3.49. The monoisotopic (exact) mass is 382 g/mol. The number of carbonyl (C=O) groups excluding carboxylic acids is 1. The lowest BCUT2D eigenvalue weighted by molar-refractivity contribution is 0.0934. The molecule has 3 aromatic carbocycles. The van der Waals surface area contributed by atoms with E-state index in [0.29, 0.717) is 5.69 Å². The zero-order chi connectivity index (χ0) is 20.1. The number of nitrogens with zero attached hydrogens (tertiary/aromatic N) is 3. The van der Waals surface area contributed by atoms with Gasteiger partial charge in [-0.25, -0.2) is 4.68 Å². The smallest absolute Gasteiger partial charge is 0.273 e. The van der Waals surface area contributed by atoms with Crippen LogP contribution in [-0.2, 0) is 0 Å². The highest BCUT2D eigenvalue weighted by Crippen LogP contribution is 2.25. The molecule has 4 rings (SSSR count). The van der Waals surface area contributed by atoms with Gasteiger partial charge in [0.25, 0.3) is 5.91 Å². The van der Waals surface area contributed by atoms with Crippen LogP contribution in [0.15, 0.2) is 97.2 Å². The van der Waals surface area contributed by atoms with Crippen molar-refractivity contribution in [3.8, 4) is 0 Å². The number of carbonyl (C=O) groups is 1. The topological polar surface area (TPSA) is 59.8 Å². The highest BCUT2D eigenvalue weighted by atomic mass is 16.2. The van der Waals surface area contributed by atoms with Crippen LogP contribution in [0.1, 0.15) is 46.2 Å². The molecule has 0 aliphatic carbocycles. The Hall–Kier alpha value is -3.73. The fourth-order valence-corrected chi connectivity index (χ4v) is 3.37. The summed E-state index contributed by atoms with van der Waals surface area (Å²) in [6.45, 7) is 1.95. The van der Waals surface area contributed by atoms with Crippen molar-refractivity contribution in [1.82, 2.24) is 20.3 Å². The van der Waals surface area contributed by atoms with Crippen LogP contribution >= 0.6 is 0 Å². The predicted octanol–water partition coefficient (Wildman–Crippen LogP) is 4.41. The third kappa shape index (κ3) is 4.24. The number of aromatic nitrogens is 3. The van der Waals surface area contributed by atoms with Crippen molar-refractivity contribution >= 4 is 5.91 Å². The van der Waals surface area contributed by atoms with Gasteiger partial charge in [0.1, 0.15) is 6.04 Å². The molecule has 0 fully saturated rings. The Balaban J connectivity index is 1.60. The average Bonchev–Trinajstić information content (AvgIpc) is 3.26. The lowest BCUT2D eigenvalue weighted by Crippen LogP contribution is -2.27. The van der Waals surface area contributed by atoms with Crippen molar-refractivity contribution in [2.75, 3.05) is 0 Å². The largest absolute Gasteiger partial charge is 0.344 e. The highest BCUT2D eigenvalue weighted by molar-refractivity contribution is 5.92. The van der Waals surface area contributed by atoms with E-state index in [9.17, 15) is 4.79 Å². The van der Waals surface area contributed by atoms with Gasteiger partial charge in [-0.05, 0) is 23.6 Å². The number of nitrogens with one attached hydrogen (secondary N) is 1. The maximum atomic E-state index is 12.7. The van der Waals surface area contributed by atoms with Crippen molar-refractivity contribution < 1.29 is 4.79 Å². The molecule has 1 N–H and O–H groups in total. The van der Waals surface area contributed by atoms with Gasteiger partial charge in [0.15, 0.2) is 5.69 Å². The van der Waals surface area contributed by atoms with Crippen LogP contribution in [0.2, 0.25) is 0 Å². The first kappa shape index (κ1) is 18.6. The van der Waals surface area contributed by atoms with Gasteiger partial charge in [-0.2, -0.15) is 0 Å². The van der Waals surface area contributed by atoms with Gasteiger partial charge in [0, 0.05) is 0 Å². The third-order valence-corrected chi connectivity index (χ3v) is 4.89. The highest BCUT2D eigenvalue weighted by Gasteiger charge is 2.21. The lowest BCUT2D eigenvalue weighted by Gasteiger charge is -2.18. The molecule has 0 radical (unpaired) electrons. The van der Waals surface area contributed by atoms with Gasteiger partial charge in [-0.1, -0.05) is 96.2 Å². The summed E-state index contributed by atoms with van der Waals surface area (Å²) in [6, 6.07) is 29.7. The molecule has 1 amide bonds. The first-order chi connectivity index (χ1) is 14.2. The maximum absolute atomic E-state index is 12.7. The van der Waals surface area contributed by atoms with Gasteiger partial charge in [0.2, 0.25) is 0 Å². The Morgan fingerprint density at radius 2 is 1.28 bits per heavy atom. The Bertz CT molecular complexity index is 1020. The number of benzene rings is 3. The van der Waals surface area contributed by atoms with Crippen LogP contribution < -0.4 is 5.32 Å². The van der Waals surface area contributed by atoms with Crippen molar-refractivity contribution in [3.05, 3.63) is 120 Å². The zero-order valence-electron chi connectivity index (χ0n) is 16.1. The van der Waals surface area contributed by atoms with E-state index in [-0.39, 0.29) is 18.0 Å². The fourth-order valence-electron chi connectivity index (χ4n) is 3.37. The molecule has 0 saturated carbocycles. The number of hydrogen-bond donors (Lipinski definition) is 1. The van der Waals surface area contributed by atoms with Crippen LogP contribution in [0.3, 0.4) is 0 Å². The molecule has 0 saturated heterocycles. The minimum atomic E-state index is -0.243. The molecule has 0 bridgehead atoms. The second-order valence-electron chi connectivity index (χ2n) is 6.91. The molecule has 144 valence electrons. The summed E-state index contributed by atoms with van der Waals surface area (Å²) in [6.07, 6.45) is 1.71. The van der Waals surface area contributed by atoms with E-state index >= 15 is 0 Å². The van der Waals surface area contributed by atoms with E-state index in [0.717, 1.165) is 16.7 Å². The Morgan fingerprint density at radius 3 is 1.79 bits per heavy atom. The van der Waals surface area contributed by atoms with Crippen molar-refractivity contribution in [1.29, 1.82) is 0 Å². The number of amides is 1. The molecular weight excluding hydrogens is 360 g/mol. The molecule has 0 spiro atoms. The molecule has 0 aliphatic rings. The standard InChI is InChI=1S/C24H22N4O/c1-18(19-11-5-2-6-12-19)25-24(29)22-17-28(27-26-22)23(20-13-7-3-8-14-20)21-15-9-4-10-16-21/h2-18,23H,1H3,(H,25,29)/t18-/m1/s1. The van der Waals surface area contributed by atoms with Crippen LogP contribution in [0.4, 0.5) is 0 Å². The second kappa shape index (κ2) is 8.52. The summed E-state index contributed by atoms with van der Waals surface area (Å²) in [5.74, 6) is -0.243. The van der Waals surface area contributed by atoms with Gasteiger partial charge >= 0.3 is 0 Å². The van der Waals surface area contributed by atoms with E-state index in [1.54, 1.807) is 10.9 Å². The minimum Gasteiger partial charge on any atom is -0.344 e. The number of rotatable bonds is 6. The zero-order valence-corrected chi connectivity index (χ0v) is 16.1. The second-order valence-corrected chi connectivity index (χ2v) is 6.91. The Kier molecular flexibility index (Phi) is 5.47. The quantitative estimate of drug-likeness (QED) is 0.537. The Morgan fingerprint density at radius 1 is 0.793 bits per heavy atom. The minimum absolute atomic E-state index is 0.118. The summed E-state index contributed by atoms with van der Waals surface area (Å²) >= 11 is 0. The molecule has 1 aromatic heterocycles. The molecule has 0 aliphatic heterocycles. The van der Waals surface area contributed by atoms with Crippen LogP contribution in [0.5, 0.6) is 0 Å². The van der Waals surface area contributed by atoms with Gasteiger partial charge < -0.3 is 5.32 Å².